The lowest BCUT2D eigenvalue weighted by molar-refractivity contribution is -0.945. The number of hydrogen-bond acceptors (Lipinski definition) is 6. The van der Waals surface area contributed by atoms with Gasteiger partial charge < -0.3 is 14.3 Å². The molecule has 3 aromatic heterocycles. The predicted octanol–water partition coefficient (Wildman–Crippen LogP) is 4.40. The summed E-state index contributed by atoms with van der Waals surface area (Å²) in [6.07, 6.45) is 4.93. The van der Waals surface area contributed by atoms with Crippen LogP contribution >= 0.6 is 34.0 Å². The van der Waals surface area contributed by atoms with E-state index in [0.29, 0.717) is 9.75 Å². The van der Waals surface area contributed by atoms with Crippen molar-refractivity contribution in [2.45, 2.75) is 43.3 Å². The summed E-state index contributed by atoms with van der Waals surface area (Å²) >= 11 is 4.43. The van der Waals surface area contributed by atoms with E-state index in [1.54, 1.807) is 23.5 Å². The Morgan fingerprint density at radius 3 is 2.19 bits per heavy atom. The zero-order chi connectivity index (χ0) is 21.4. The van der Waals surface area contributed by atoms with Crippen LogP contribution in [0.5, 0.6) is 0 Å². The summed E-state index contributed by atoms with van der Waals surface area (Å²) in [4.78, 5) is 14.4. The van der Waals surface area contributed by atoms with Crippen LogP contribution < -0.4 is 5.11 Å². The number of nitrogens with zero attached hydrogens (tertiary/aromatic N) is 1. The van der Waals surface area contributed by atoms with E-state index in [1.807, 2.05) is 22.9 Å². The highest BCUT2D eigenvalue weighted by Crippen LogP contribution is 2.43. The molecule has 31 heavy (non-hydrogen) atoms. The van der Waals surface area contributed by atoms with Crippen LogP contribution in [0.25, 0.3) is 0 Å². The van der Waals surface area contributed by atoms with Gasteiger partial charge in [-0.3, -0.25) is 4.79 Å². The zero-order valence-electron chi connectivity index (χ0n) is 17.5. The van der Waals surface area contributed by atoms with Gasteiger partial charge in [-0.1, -0.05) is 12.1 Å². The summed E-state index contributed by atoms with van der Waals surface area (Å²) in [5.41, 5.74) is -0.984. The number of aryl methyl sites for hydroxylation is 1. The van der Waals surface area contributed by atoms with E-state index in [4.69, 9.17) is 4.74 Å². The van der Waals surface area contributed by atoms with Crippen molar-refractivity contribution >= 4 is 40.0 Å². The maximum absolute atomic E-state index is 13.9. The maximum Gasteiger partial charge on any atom is 0.306 e. The van der Waals surface area contributed by atoms with Crippen molar-refractivity contribution in [3.8, 4) is 0 Å². The van der Waals surface area contributed by atoms with Gasteiger partial charge in [0.25, 0.3) is 0 Å². The third-order valence-corrected chi connectivity index (χ3v) is 9.81. The summed E-state index contributed by atoms with van der Waals surface area (Å²) in [7, 11) is 0. The summed E-state index contributed by atoms with van der Waals surface area (Å²) in [6.45, 7) is 4.32. The van der Waals surface area contributed by atoms with Gasteiger partial charge in [0, 0.05) is 35.4 Å². The predicted molar refractivity (Wildman–Crippen MR) is 124 cm³/mol. The summed E-state index contributed by atoms with van der Waals surface area (Å²) in [5, 5.41) is 22.0. The van der Waals surface area contributed by atoms with Crippen LogP contribution in [-0.4, -0.2) is 42.2 Å². The van der Waals surface area contributed by atoms with Crippen LogP contribution in [0.1, 0.15) is 41.0 Å². The molecule has 6 rings (SSSR count). The van der Waals surface area contributed by atoms with Crippen molar-refractivity contribution in [3.63, 3.8) is 0 Å². The highest BCUT2D eigenvalue weighted by atomic mass is 32.1. The van der Waals surface area contributed by atoms with Gasteiger partial charge in [0.1, 0.15) is 5.60 Å². The number of piperidine rings is 3. The van der Waals surface area contributed by atoms with Crippen LogP contribution in [0.2, 0.25) is 0 Å². The molecule has 0 spiro atoms. The molecular formula is C24H27NO3S3. The first-order valence-corrected chi connectivity index (χ1v) is 13.6. The van der Waals surface area contributed by atoms with Crippen molar-refractivity contribution in [3.05, 3.63) is 67.2 Å². The molecule has 0 N–H and O–H groups in total. The van der Waals surface area contributed by atoms with Gasteiger partial charge in [-0.25, -0.2) is 0 Å². The Labute approximate surface area is 195 Å². The van der Waals surface area contributed by atoms with E-state index in [2.05, 4.69) is 16.8 Å². The van der Waals surface area contributed by atoms with Gasteiger partial charge >= 0.3 is 5.97 Å². The highest BCUT2D eigenvalue weighted by molar-refractivity contribution is 7.12. The Balaban J connectivity index is 1.25. The second-order valence-corrected chi connectivity index (χ2v) is 11.6. The van der Waals surface area contributed by atoms with E-state index in [0.717, 1.165) is 49.8 Å². The van der Waals surface area contributed by atoms with E-state index in [9.17, 15) is 9.90 Å². The van der Waals surface area contributed by atoms with Crippen LogP contribution in [0.4, 0.5) is 0 Å². The molecule has 0 radical (unpaired) electrons. The molecule has 3 saturated heterocycles. The second kappa shape index (κ2) is 8.45. The number of hydrogen-bond donors (Lipinski definition) is 0. The number of rotatable bonds is 8. The van der Waals surface area contributed by atoms with Gasteiger partial charge in [-0.15, -0.1) is 22.7 Å². The van der Waals surface area contributed by atoms with Gasteiger partial charge in [0.05, 0.1) is 31.8 Å². The first-order valence-electron chi connectivity index (χ1n) is 10.9. The topological polar surface area (TPSA) is 49.4 Å². The smallest absolute Gasteiger partial charge is 0.306 e. The fourth-order valence-corrected chi connectivity index (χ4v) is 7.53. The first kappa shape index (κ1) is 21.3. The van der Waals surface area contributed by atoms with E-state index >= 15 is 0 Å². The lowest BCUT2D eigenvalue weighted by atomic mass is 9.80. The van der Waals surface area contributed by atoms with Crippen molar-refractivity contribution in [2.24, 2.45) is 0 Å². The van der Waals surface area contributed by atoms with Crippen molar-refractivity contribution < 1.29 is 19.1 Å². The molecule has 0 atom stereocenters. The largest absolute Gasteiger partial charge is 0.833 e. The van der Waals surface area contributed by atoms with Crippen LogP contribution in [-0.2, 0) is 21.6 Å². The Hall–Kier alpha value is -1.51. The quantitative estimate of drug-likeness (QED) is 0.360. The zero-order valence-corrected chi connectivity index (χ0v) is 19.9. The number of ether oxygens (including phenoxy) is 1. The number of thiophene rings is 3. The molecule has 0 amide bonds. The fourth-order valence-electron chi connectivity index (χ4n) is 5.12. The average Bonchev–Trinajstić information content (AvgIpc) is 3.58. The van der Waals surface area contributed by atoms with Crippen molar-refractivity contribution in [2.75, 3.05) is 26.2 Å². The van der Waals surface area contributed by atoms with Gasteiger partial charge in [-0.2, -0.15) is 11.3 Å². The molecule has 0 aromatic carbocycles. The number of quaternary nitrogens is 1. The lowest BCUT2D eigenvalue weighted by Crippen LogP contribution is -2.66. The van der Waals surface area contributed by atoms with Gasteiger partial charge in [0.2, 0.25) is 0 Å². The first-order chi connectivity index (χ1) is 15.0. The molecular weight excluding hydrogens is 446 g/mol. The average molecular weight is 474 g/mol. The molecule has 3 aliphatic rings. The molecule has 0 aliphatic carbocycles. The van der Waals surface area contributed by atoms with Crippen LogP contribution in [0.3, 0.4) is 0 Å². The summed E-state index contributed by atoms with van der Waals surface area (Å²) < 4.78 is 7.28. The number of fused-ring (bicyclic) bond motifs is 3. The molecule has 2 bridgehead atoms. The normalized spacial score (nSPS) is 25.6. The Morgan fingerprint density at radius 2 is 1.68 bits per heavy atom. The number of esters is 1. The summed E-state index contributed by atoms with van der Waals surface area (Å²) in [6, 6.07) is 9.39. The third kappa shape index (κ3) is 4.02. The fraction of sp³-hybridized carbons (Fsp3) is 0.458. The summed E-state index contributed by atoms with van der Waals surface area (Å²) in [5.74, 6) is -0.628. The minimum Gasteiger partial charge on any atom is -0.833 e. The minimum atomic E-state index is -1.96. The SMILES string of the molecule is O=C(OC12CC[N+](CCCc3ccsc3)(CC1)CC2)C([O-])(c1cccs1)c1cccs1. The van der Waals surface area contributed by atoms with E-state index < -0.39 is 17.2 Å². The van der Waals surface area contributed by atoms with Gasteiger partial charge in [-0.05, 0) is 51.7 Å². The van der Waals surface area contributed by atoms with Crippen LogP contribution in [0, 0.1) is 0 Å². The van der Waals surface area contributed by atoms with Crippen LogP contribution in [0.15, 0.2) is 51.9 Å². The molecule has 7 heteroatoms. The molecule has 3 fully saturated rings. The standard InChI is InChI=1S/C24H27NO3S3/c26-22(24(27,20-5-2-15-30-20)21-6-3-16-31-21)28-23-8-12-25(13-9-23,14-10-23)11-1-4-19-7-17-29-18-19/h2-3,5-7,15-18H,1,4,8-14H2. The number of carbonyl (C=O) groups is 1. The lowest BCUT2D eigenvalue weighted by Gasteiger charge is -2.55. The Bertz CT molecular complexity index is 936. The Kier molecular flexibility index (Phi) is 5.81. The van der Waals surface area contributed by atoms with Crippen molar-refractivity contribution in [1.29, 1.82) is 0 Å². The van der Waals surface area contributed by atoms with Crippen molar-refractivity contribution in [1.82, 2.24) is 0 Å². The third-order valence-electron chi connectivity index (χ3n) is 7.14. The van der Waals surface area contributed by atoms with E-state index in [1.165, 1.54) is 41.2 Å². The molecule has 3 aromatic rings. The molecule has 0 unspecified atom stereocenters. The van der Waals surface area contributed by atoms with Gasteiger partial charge in [0.15, 0.2) is 0 Å². The molecule has 4 nitrogen and oxygen atoms in total. The number of carbonyl (C=O) groups excluding carboxylic acids is 1. The second-order valence-electron chi connectivity index (χ2n) is 8.93. The molecule has 164 valence electrons. The Morgan fingerprint density at radius 1 is 1.03 bits per heavy atom. The molecule has 3 aliphatic heterocycles. The molecule has 0 saturated carbocycles. The van der Waals surface area contributed by atoms with E-state index in [-0.39, 0.29) is 0 Å². The minimum absolute atomic E-state index is 0.464. The highest BCUT2D eigenvalue weighted by Gasteiger charge is 2.52. The monoisotopic (exact) mass is 473 g/mol. The molecule has 6 heterocycles. The maximum atomic E-state index is 13.9.